The van der Waals surface area contributed by atoms with Crippen molar-refractivity contribution in [2.75, 3.05) is 0 Å². The van der Waals surface area contributed by atoms with E-state index in [0.29, 0.717) is 5.92 Å². The number of hydrogen-bond donors (Lipinski definition) is 0. The minimum absolute atomic E-state index is 0.306. The van der Waals surface area contributed by atoms with E-state index < -0.39 is 6.07 Å². The maximum Gasteiger partial charge on any atom is 0.146 e. The molecule has 0 N–H and O–H groups in total. The molecule has 0 radical (unpaired) electrons. The third-order valence-corrected chi connectivity index (χ3v) is 2.10. The van der Waals surface area contributed by atoms with Crippen LogP contribution in [0.1, 0.15) is 39.5 Å². The van der Waals surface area contributed by atoms with Crippen molar-refractivity contribution in [1.82, 2.24) is 0 Å². The molecule has 0 spiro atoms. The quantitative estimate of drug-likeness (QED) is 0.518. The first-order chi connectivity index (χ1) is 4.72. The third-order valence-electron chi connectivity index (χ3n) is 2.10. The second kappa shape index (κ2) is 5.76. The Morgan fingerprint density at radius 1 is 1.40 bits per heavy atom. The first-order valence-corrected chi connectivity index (χ1v) is 4.36. The largest absolute Gasteiger partial charge is 0.257 e. The Bertz CT molecular complexity index is 73.7. The Labute approximate surface area is 64.6 Å². The molecule has 2 unspecified atom stereocenters. The van der Waals surface area contributed by atoms with Crippen molar-refractivity contribution in [2.45, 2.75) is 45.6 Å². The molecule has 60 valence electrons. The fraction of sp³-hybridized carbons (Fsp3) is 1.00. The van der Waals surface area contributed by atoms with Crippen LogP contribution < -0.4 is 0 Å². The van der Waals surface area contributed by atoms with E-state index in [9.17, 15) is 4.39 Å². The van der Waals surface area contributed by atoms with Crippen molar-refractivity contribution in [3.05, 3.63) is 0 Å². The Morgan fingerprint density at radius 3 is 2.30 bits per heavy atom. The van der Waals surface area contributed by atoms with Crippen LogP contribution in [0.2, 0.25) is 0 Å². The average molecular weight is 144 g/mol. The van der Waals surface area contributed by atoms with Gasteiger partial charge in [-0.15, -0.1) is 0 Å². The van der Waals surface area contributed by atoms with Gasteiger partial charge in [-0.2, -0.15) is 0 Å². The van der Waals surface area contributed by atoms with Gasteiger partial charge in [0.1, 0.15) is 7.85 Å². The van der Waals surface area contributed by atoms with Gasteiger partial charge in [0.25, 0.3) is 0 Å². The molecule has 0 nitrogen and oxygen atoms in total. The van der Waals surface area contributed by atoms with E-state index in [1.807, 2.05) is 0 Å². The molecule has 0 aromatic carbocycles. The molecule has 0 aliphatic heterocycles. The molecular formula is C8H18BF. The van der Waals surface area contributed by atoms with Crippen LogP contribution in [-0.2, 0) is 0 Å². The van der Waals surface area contributed by atoms with Gasteiger partial charge in [0, 0.05) is 0 Å². The minimum atomic E-state index is -0.614. The zero-order valence-electron chi connectivity index (χ0n) is 7.36. The average Bonchev–Trinajstić information content (AvgIpc) is 1.89. The standard InChI is InChI=1S/C8H18BF/c1-3-5-6-7(4-2)8(9)10/h7-8H,3-6,9H2,1-2H3. The highest BCUT2D eigenvalue weighted by Crippen LogP contribution is 2.16. The van der Waals surface area contributed by atoms with E-state index in [4.69, 9.17) is 0 Å². The summed E-state index contributed by atoms with van der Waals surface area (Å²) in [5, 5.41) is 0. The number of hydrogen-bond acceptors (Lipinski definition) is 0. The molecule has 0 heterocycles. The summed E-state index contributed by atoms with van der Waals surface area (Å²) in [5.41, 5.74) is 0. The molecule has 2 heteroatoms. The van der Waals surface area contributed by atoms with E-state index in [0.717, 1.165) is 12.8 Å². The summed E-state index contributed by atoms with van der Waals surface area (Å²) < 4.78 is 12.7. The third kappa shape index (κ3) is 3.92. The van der Waals surface area contributed by atoms with Gasteiger partial charge in [-0.3, -0.25) is 4.39 Å². The molecule has 0 aromatic rings. The second-order valence-electron chi connectivity index (χ2n) is 2.99. The van der Waals surface area contributed by atoms with Crippen LogP contribution in [-0.4, -0.2) is 13.9 Å². The van der Waals surface area contributed by atoms with Gasteiger partial charge in [-0.25, -0.2) is 0 Å². The van der Waals surface area contributed by atoms with E-state index in [1.54, 1.807) is 7.85 Å². The molecule has 0 fully saturated rings. The maximum absolute atomic E-state index is 12.7. The van der Waals surface area contributed by atoms with Crippen molar-refractivity contribution in [2.24, 2.45) is 5.92 Å². The number of unbranched alkanes of at least 4 members (excludes halogenated alkanes) is 1. The predicted octanol–water partition coefficient (Wildman–Crippen LogP) is 2.13. The first kappa shape index (κ1) is 9.99. The lowest BCUT2D eigenvalue weighted by Gasteiger charge is -2.14. The molecule has 0 saturated heterocycles. The highest BCUT2D eigenvalue weighted by Gasteiger charge is 2.12. The SMILES string of the molecule is BC(F)C(CC)CCCC. The van der Waals surface area contributed by atoms with E-state index in [1.165, 1.54) is 12.8 Å². The van der Waals surface area contributed by atoms with Gasteiger partial charge in [-0.1, -0.05) is 33.1 Å². The van der Waals surface area contributed by atoms with E-state index in [2.05, 4.69) is 13.8 Å². The lowest BCUT2D eigenvalue weighted by atomic mass is 9.83. The molecule has 0 aromatic heterocycles. The van der Waals surface area contributed by atoms with E-state index >= 15 is 0 Å². The molecule has 0 aliphatic carbocycles. The molecule has 0 amide bonds. The predicted molar refractivity (Wildman–Crippen MR) is 46.7 cm³/mol. The summed E-state index contributed by atoms with van der Waals surface area (Å²) in [6.45, 7) is 4.21. The van der Waals surface area contributed by atoms with Gasteiger partial charge in [-0.05, 0) is 12.3 Å². The smallest absolute Gasteiger partial charge is 0.146 e. The molecule has 2 atom stereocenters. The Morgan fingerprint density at radius 2 is 2.00 bits per heavy atom. The van der Waals surface area contributed by atoms with Crippen LogP contribution in [0.25, 0.3) is 0 Å². The van der Waals surface area contributed by atoms with Gasteiger partial charge in [0.05, 0.1) is 6.07 Å². The molecular weight excluding hydrogens is 126 g/mol. The number of alkyl halides is 1. The highest BCUT2D eigenvalue weighted by molar-refractivity contribution is 6.11. The molecule has 0 saturated carbocycles. The Balaban J connectivity index is 3.40. The van der Waals surface area contributed by atoms with Crippen molar-refractivity contribution in [1.29, 1.82) is 0 Å². The van der Waals surface area contributed by atoms with Crippen LogP contribution in [0.3, 0.4) is 0 Å². The van der Waals surface area contributed by atoms with Crippen LogP contribution in [0.5, 0.6) is 0 Å². The normalized spacial score (nSPS) is 16.7. The fourth-order valence-corrected chi connectivity index (χ4v) is 1.22. The van der Waals surface area contributed by atoms with Gasteiger partial charge in [0.15, 0.2) is 0 Å². The zero-order valence-corrected chi connectivity index (χ0v) is 7.36. The molecule has 10 heavy (non-hydrogen) atoms. The lowest BCUT2D eigenvalue weighted by molar-refractivity contribution is 0.288. The summed E-state index contributed by atoms with van der Waals surface area (Å²) in [6, 6.07) is 0. The monoisotopic (exact) mass is 144 g/mol. The van der Waals surface area contributed by atoms with Crippen LogP contribution in [0, 0.1) is 5.92 Å². The number of halogens is 1. The van der Waals surface area contributed by atoms with Crippen LogP contribution in [0.15, 0.2) is 0 Å². The van der Waals surface area contributed by atoms with Crippen molar-refractivity contribution in [3.8, 4) is 0 Å². The van der Waals surface area contributed by atoms with Crippen molar-refractivity contribution < 1.29 is 4.39 Å². The van der Waals surface area contributed by atoms with Gasteiger partial charge in [0.2, 0.25) is 0 Å². The topological polar surface area (TPSA) is 0 Å². The Hall–Kier alpha value is -0.00506. The second-order valence-corrected chi connectivity index (χ2v) is 2.99. The van der Waals surface area contributed by atoms with Crippen LogP contribution >= 0.6 is 0 Å². The summed E-state index contributed by atoms with van der Waals surface area (Å²) in [7, 11) is 1.67. The van der Waals surface area contributed by atoms with Gasteiger partial charge < -0.3 is 0 Å². The molecule has 0 aliphatic rings. The van der Waals surface area contributed by atoms with Gasteiger partial charge >= 0.3 is 0 Å². The Kier molecular flexibility index (Phi) is 5.75. The molecule has 0 bridgehead atoms. The van der Waals surface area contributed by atoms with Crippen LogP contribution in [0.4, 0.5) is 4.39 Å². The summed E-state index contributed by atoms with van der Waals surface area (Å²) in [5.74, 6) is 0.306. The minimum Gasteiger partial charge on any atom is -0.257 e. The molecule has 0 rings (SSSR count). The summed E-state index contributed by atoms with van der Waals surface area (Å²) in [4.78, 5) is 0. The number of rotatable bonds is 5. The summed E-state index contributed by atoms with van der Waals surface area (Å²) in [6.07, 6.45) is 3.79. The highest BCUT2D eigenvalue weighted by atomic mass is 19.1. The maximum atomic E-state index is 12.7. The first-order valence-electron chi connectivity index (χ1n) is 4.36. The lowest BCUT2D eigenvalue weighted by Crippen LogP contribution is -2.14. The van der Waals surface area contributed by atoms with E-state index in [-0.39, 0.29) is 0 Å². The van der Waals surface area contributed by atoms with Crippen molar-refractivity contribution in [3.63, 3.8) is 0 Å². The zero-order chi connectivity index (χ0) is 7.98. The fourth-order valence-electron chi connectivity index (χ4n) is 1.22. The summed E-state index contributed by atoms with van der Waals surface area (Å²) >= 11 is 0. The van der Waals surface area contributed by atoms with Crippen molar-refractivity contribution >= 4 is 7.85 Å².